The molecule has 0 saturated carbocycles. The molecular formula is C12H18N2O3S2. The summed E-state index contributed by atoms with van der Waals surface area (Å²) in [6.45, 7) is 3.92. The SMILES string of the molecule is CCC(CC)C(O)CNS(=O)(=O)c1ccc(C#N)s1. The van der Waals surface area contributed by atoms with Gasteiger partial charge in [-0.2, -0.15) is 5.26 Å². The topological polar surface area (TPSA) is 90.2 Å². The van der Waals surface area contributed by atoms with Crippen LogP contribution in [0.5, 0.6) is 0 Å². The second-order valence-corrected chi connectivity index (χ2v) is 7.30. The van der Waals surface area contributed by atoms with Crippen molar-refractivity contribution in [3.8, 4) is 6.07 Å². The Labute approximate surface area is 117 Å². The predicted molar refractivity (Wildman–Crippen MR) is 74.3 cm³/mol. The van der Waals surface area contributed by atoms with Gasteiger partial charge in [-0.05, 0) is 18.1 Å². The fourth-order valence-corrected chi connectivity index (χ4v) is 3.99. The number of aliphatic hydroxyl groups is 1. The molecule has 0 spiro atoms. The van der Waals surface area contributed by atoms with E-state index in [1.165, 1.54) is 12.1 Å². The first-order valence-electron chi connectivity index (χ1n) is 6.12. The van der Waals surface area contributed by atoms with Crippen LogP contribution in [0, 0.1) is 17.2 Å². The van der Waals surface area contributed by atoms with Crippen molar-refractivity contribution in [1.82, 2.24) is 4.72 Å². The number of hydrogen-bond acceptors (Lipinski definition) is 5. The third-order valence-electron chi connectivity index (χ3n) is 3.03. The van der Waals surface area contributed by atoms with Crippen molar-refractivity contribution in [2.45, 2.75) is 37.0 Å². The molecule has 0 saturated heterocycles. The molecule has 0 amide bonds. The van der Waals surface area contributed by atoms with Crippen molar-refractivity contribution in [2.75, 3.05) is 6.54 Å². The van der Waals surface area contributed by atoms with E-state index >= 15 is 0 Å². The molecule has 0 aliphatic carbocycles. The first-order chi connectivity index (χ1) is 8.94. The van der Waals surface area contributed by atoms with Gasteiger partial charge in [0.25, 0.3) is 0 Å². The molecule has 0 aromatic carbocycles. The van der Waals surface area contributed by atoms with Crippen LogP contribution in [-0.4, -0.2) is 26.2 Å². The molecule has 106 valence electrons. The fourth-order valence-electron chi connectivity index (χ4n) is 1.79. The van der Waals surface area contributed by atoms with Crippen molar-refractivity contribution in [2.24, 2.45) is 5.92 Å². The average molecular weight is 302 g/mol. The number of nitrogens with zero attached hydrogens (tertiary/aromatic N) is 1. The van der Waals surface area contributed by atoms with Crippen LogP contribution < -0.4 is 4.72 Å². The van der Waals surface area contributed by atoms with Gasteiger partial charge in [-0.15, -0.1) is 11.3 Å². The van der Waals surface area contributed by atoms with E-state index in [0.29, 0.717) is 4.88 Å². The van der Waals surface area contributed by atoms with Crippen molar-refractivity contribution in [3.05, 3.63) is 17.0 Å². The van der Waals surface area contributed by atoms with E-state index < -0.39 is 16.1 Å². The van der Waals surface area contributed by atoms with Crippen molar-refractivity contribution >= 4 is 21.4 Å². The molecule has 7 heteroatoms. The molecule has 1 unspecified atom stereocenters. The van der Waals surface area contributed by atoms with Crippen molar-refractivity contribution in [1.29, 1.82) is 5.26 Å². The van der Waals surface area contributed by atoms with E-state index in [0.717, 1.165) is 24.2 Å². The summed E-state index contributed by atoms with van der Waals surface area (Å²) in [6.07, 6.45) is 0.911. The van der Waals surface area contributed by atoms with Crippen molar-refractivity contribution < 1.29 is 13.5 Å². The Morgan fingerprint density at radius 1 is 1.42 bits per heavy atom. The highest BCUT2D eigenvalue weighted by atomic mass is 32.2. The number of nitriles is 1. The molecular weight excluding hydrogens is 284 g/mol. The van der Waals surface area contributed by atoms with Crippen LogP contribution in [0.2, 0.25) is 0 Å². The number of rotatable bonds is 7. The minimum atomic E-state index is -3.64. The molecule has 2 N–H and O–H groups in total. The predicted octanol–water partition coefficient (Wildman–Crippen LogP) is 1.70. The fraction of sp³-hybridized carbons (Fsp3) is 0.583. The van der Waals surface area contributed by atoms with Gasteiger partial charge in [0.05, 0.1) is 6.10 Å². The molecule has 0 aliphatic heterocycles. The van der Waals surface area contributed by atoms with E-state index in [4.69, 9.17) is 5.26 Å². The van der Waals surface area contributed by atoms with Crippen molar-refractivity contribution in [3.63, 3.8) is 0 Å². The summed E-state index contributed by atoms with van der Waals surface area (Å²) in [4.78, 5) is 0.348. The van der Waals surface area contributed by atoms with Gasteiger partial charge in [-0.3, -0.25) is 0 Å². The minimum Gasteiger partial charge on any atom is -0.391 e. The maximum Gasteiger partial charge on any atom is 0.250 e. The lowest BCUT2D eigenvalue weighted by molar-refractivity contribution is 0.107. The minimum absolute atomic E-state index is 0.00549. The summed E-state index contributed by atoms with van der Waals surface area (Å²) in [6, 6.07) is 4.76. The van der Waals surface area contributed by atoms with Crippen LogP contribution in [-0.2, 0) is 10.0 Å². The van der Waals surface area contributed by atoms with Gasteiger partial charge in [0.2, 0.25) is 10.0 Å². The van der Waals surface area contributed by atoms with Crippen LogP contribution in [0.3, 0.4) is 0 Å². The van der Waals surface area contributed by atoms with Gasteiger partial charge in [0.1, 0.15) is 15.2 Å². The number of nitrogens with one attached hydrogen (secondary N) is 1. The third-order valence-corrected chi connectivity index (χ3v) is 5.94. The Bertz CT molecular complexity index is 542. The molecule has 1 atom stereocenters. The van der Waals surface area contributed by atoms with Gasteiger partial charge >= 0.3 is 0 Å². The molecule has 0 fully saturated rings. The second-order valence-electron chi connectivity index (χ2n) is 4.23. The van der Waals surface area contributed by atoms with Crippen LogP contribution >= 0.6 is 11.3 Å². The monoisotopic (exact) mass is 302 g/mol. The molecule has 0 aliphatic rings. The Morgan fingerprint density at radius 3 is 2.53 bits per heavy atom. The third kappa shape index (κ3) is 4.28. The molecule has 1 aromatic heterocycles. The zero-order valence-corrected chi connectivity index (χ0v) is 12.6. The normalized spacial score (nSPS) is 13.4. The van der Waals surface area contributed by atoms with Gasteiger partial charge < -0.3 is 5.11 Å². The molecule has 5 nitrogen and oxygen atoms in total. The summed E-state index contributed by atoms with van der Waals surface area (Å²) in [5.74, 6) is 0.0840. The molecule has 0 bridgehead atoms. The van der Waals surface area contributed by atoms with Crippen LogP contribution in [0.4, 0.5) is 0 Å². The lowest BCUT2D eigenvalue weighted by atomic mass is 9.97. The average Bonchev–Trinajstić information content (AvgIpc) is 2.87. The summed E-state index contributed by atoms with van der Waals surface area (Å²) in [7, 11) is -3.64. The van der Waals surface area contributed by atoms with E-state index in [-0.39, 0.29) is 16.7 Å². The highest BCUT2D eigenvalue weighted by Gasteiger charge is 2.21. The lowest BCUT2D eigenvalue weighted by Crippen LogP contribution is -2.35. The Balaban J connectivity index is 2.68. The number of thiophene rings is 1. The molecule has 0 radical (unpaired) electrons. The quantitative estimate of drug-likeness (QED) is 0.802. The van der Waals surface area contributed by atoms with Crippen LogP contribution in [0.25, 0.3) is 0 Å². The second kappa shape index (κ2) is 7.01. The Hall–Kier alpha value is -0.940. The van der Waals surface area contributed by atoms with E-state index in [1.807, 2.05) is 19.9 Å². The number of sulfonamides is 1. The van der Waals surface area contributed by atoms with Gasteiger partial charge in [0.15, 0.2) is 0 Å². The zero-order chi connectivity index (χ0) is 14.5. The summed E-state index contributed by atoms with van der Waals surface area (Å²) < 4.78 is 26.4. The number of hydrogen-bond donors (Lipinski definition) is 2. The molecule has 19 heavy (non-hydrogen) atoms. The highest BCUT2D eigenvalue weighted by molar-refractivity contribution is 7.91. The molecule has 1 heterocycles. The highest BCUT2D eigenvalue weighted by Crippen LogP contribution is 2.21. The van der Waals surface area contributed by atoms with Gasteiger partial charge in [-0.25, -0.2) is 13.1 Å². The standard InChI is InChI=1S/C12H18N2O3S2/c1-3-9(4-2)11(15)8-14-19(16,17)12-6-5-10(7-13)18-12/h5-6,9,11,14-15H,3-4,8H2,1-2H3. The van der Waals surface area contributed by atoms with E-state index in [1.54, 1.807) is 0 Å². The first kappa shape index (κ1) is 16.1. The lowest BCUT2D eigenvalue weighted by Gasteiger charge is -2.20. The summed E-state index contributed by atoms with van der Waals surface area (Å²) >= 11 is 0.918. The molecule has 1 rings (SSSR count). The largest absolute Gasteiger partial charge is 0.391 e. The maximum atomic E-state index is 11.9. The Morgan fingerprint density at radius 2 is 2.05 bits per heavy atom. The van der Waals surface area contributed by atoms with Gasteiger partial charge in [-0.1, -0.05) is 26.7 Å². The Kier molecular flexibility index (Phi) is 5.94. The zero-order valence-electron chi connectivity index (χ0n) is 11.0. The van der Waals surface area contributed by atoms with E-state index in [9.17, 15) is 13.5 Å². The summed E-state index contributed by atoms with van der Waals surface area (Å²) in [5, 5.41) is 18.6. The summed E-state index contributed by atoms with van der Waals surface area (Å²) in [5.41, 5.74) is 0. The molecule has 1 aromatic rings. The first-order valence-corrected chi connectivity index (χ1v) is 8.42. The van der Waals surface area contributed by atoms with Gasteiger partial charge in [0, 0.05) is 6.54 Å². The smallest absolute Gasteiger partial charge is 0.250 e. The maximum absolute atomic E-state index is 11.9. The van der Waals surface area contributed by atoms with Crippen LogP contribution in [0.1, 0.15) is 31.6 Å². The number of aliphatic hydroxyl groups excluding tert-OH is 1. The van der Waals surface area contributed by atoms with Crippen LogP contribution in [0.15, 0.2) is 16.3 Å². The van der Waals surface area contributed by atoms with E-state index in [2.05, 4.69) is 4.72 Å².